The van der Waals surface area contributed by atoms with Crippen LogP contribution in [0.1, 0.15) is 89.2 Å². The molecule has 3 heteroatoms. The minimum atomic E-state index is 0.0541. The van der Waals surface area contributed by atoms with Crippen LogP contribution in [0.4, 0.5) is 0 Å². The Labute approximate surface area is 165 Å². The van der Waals surface area contributed by atoms with Gasteiger partial charge in [-0.1, -0.05) is 71.3 Å². The molecule has 0 atom stereocenters. The summed E-state index contributed by atoms with van der Waals surface area (Å²) in [6.07, 6.45) is 13.1. The highest BCUT2D eigenvalue weighted by molar-refractivity contribution is 5.81. The van der Waals surface area contributed by atoms with Crippen LogP contribution in [0.15, 0.2) is 23.5 Å². The van der Waals surface area contributed by atoms with Crippen molar-refractivity contribution in [3.8, 4) is 0 Å². The molecule has 0 saturated heterocycles. The van der Waals surface area contributed by atoms with Crippen LogP contribution in [0.5, 0.6) is 0 Å². The second-order valence-corrected chi connectivity index (χ2v) is 8.11. The van der Waals surface area contributed by atoms with Crippen LogP contribution < -0.4 is 5.69 Å². The quantitative estimate of drug-likeness (QED) is 0.376. The van der Waals surface area contributed by atoms with Crippen molar-refractivity contribution in [2.45, 2.75) is 98.4 Å². The van der Waals surface area contributed by atoms with Crippen LogP contribution >= 0.6 is 0 Å². The largest absolute Gasteiger partial charge is 0.333 e. The predicted octanol–water partition coefficient (Wildman–Crippen LogP) is 6.83. The van der Waals surface area contributed by atoms with E-state index in [4.69, 9.17) is 0 Å². The van der Waals surface area contributed by atoms with Crippen molar-refractivity contribution in [1.82, 2.24) is 9.13 Å². The maximum absolute atomic E-state index is 12.9. The first-order valence-corrected chi connectivity index (χ1v) is 10.9. The van der Waals surface area contributed by atoms with Gasteiger partial charge in [-0.2, -0.15) is 0 Å². The number of aryl methyl sites for hydroxylation is 3. The van der Waals surface area contributed by atoms with E-state index in [1.165, 1.54) is 68.9 Å². The molecule has 0 N–H and O–H groups in total. The van der Waals surface area contributed by atoms with E-state index >= 15 is 0 Å². The molecule has 0 fully saturated rings. The van der Waals surface area contributed by atoms with Gasteiger partial charge in [0.2, 0.25) is 0 Å². The topological polar surface area (TPSA) is 26.9 Å². The van der Waals surface area contributed by atoms with E-state index in [1.54, 1.807) is 4.57 Å². The smallest absolute Gasteiger partial charge is 0.292 e. The highest BCUT2D eigenvalue weighted by Crippen LogP contribution is 2.21. The molecule has 2 rings (SSSR count). The summed E-state index contributed by atoms with van der Waals surface area (Å²) in [7, 11) is 0. The average molecular weight is 371 g/mol. The molecule has 0 amide bonds. The van der Waals surface area contributed by atoms with E-state index in [9.17, 15) is 4.79 Å². The fraction of sp³-hybridized carbons (Fsp3) is 0.625. The number of fused-ring (bicyclic) bond motifs is 1. The van der Waals surface area contributed by atoms with Gasteiger partial charge in [-0.15, -0.1) is 0 Å². The third-order valence-electron chi connectivity index (χ3n) is 5.66. The van der Waals surface area contributed by atoms with E-state index < -0.39 is 0 Å². The number of unbranched alkanes of at least 4 members (excludes halogenated alkanes) is 9. The van der Waals surface area contributed by atoms with E-state index in [-0.39, 0.29) is 5.69 Å². The second kappa shape index (κ2) is 10.5. The van der Waals surface area contributed by atoms with Crippen LogP contribution in [0.3, 0.4) is 0 Å². The Kier molecular flexibility index (Phi) is 8.40. The Bertz CT molecular complexity index is 810. The molecule has 1 aromatic carbocycles. The number of imidazole rings is 1. The van der Waals surface area contributed by atoms with Gasteiger partial charge < -0.3 is 0 Å². The van der Waals surface area contributed by atoms with Crippen molar-refractivity contribution in [3.63, 3.8) is 0 Å². The maximum atomic E-state index is 12.9. The van der Waals surface area contributed by atoms with Crippen LogP contribution in [-0.4, -0.2) is 9.13 Å². The summed E-state index contributed by atoms with van der Waals surface area (Å²) in [6, 6.07) is 4.28. The molecule has 27 heavy (non-hydrogen) atoms. The molecule has 0 saturated carbocycles. The molecule has 0 bridgehead atoms. The number of benzene rings is 1. The third kappa shape index (κ3) is 5.60. The SMILES string of the molecule is C=C(C)n1c(=O)n(CCCCCCCCCCCC)c2cc(C)c(C)cc21. The lowest BCUT2D eigenvalue weighted by Gasteiger charge is -2.06. The molecule has 0 aliphatic rings. The van der Waals surface area contributed by atoms with Gasteiger partial charge in [-0.25, -0.2) is 4.79 Å². The van der Waals surface area contributed by atoms with Gasteiger partial charge >= 0.3 is 5.69 Å². The molecular weight excluding hydrogens is 332 g/mol. The zero-order valence-electron chi connectivity index (χ0n) is 17.9. The Morgan fingerprint density at radius 3 is 1.85 bits per heavy atom. The normalized spacial score (nSPS) is 11.4. The van der Waals surface area contributed by atoms with Crippen LogP contribution in [-0.2, 0) is 6.54 Å². The first-order valence-electron chi connectivity index (χ1n) is 10.9. The van der Waals surface area contributed by atoms with E-state index in [0.717, 1.165) is 29.7 Å². The van der Waals surface area contributed by atoms with Gasteiger partial charge in [0, 0.05) is 12.2 Å². The van der Waals surface area contributed by atoms with Crippen LogP contribution in [0.25, 0.3) is 16.7 Å². The highest BCUT2D eigenvalue weighted by atomic mass is 16.1. The maximum Gasteiger partial charge on any atom is 0.333 e. The fourth-order valence-electron chi connectivity index (χ4n) is 3.85. The number of aromatic nitrogens is 2. The second-order valence-electron chi connectivity index (χ2n) is 8.11. The standard InChI is InChI=1S/C24H38N2O/c1-6-7-8-9-10-11-12-13-14-15-16-25-22-17-20(4)21(5)18-23(22)26(19(2)3)24(25)27/h17-18H,2,6-16H2,1,3-5H3. The molecule has 150 valence electrons. The number of nitrogens with zero attached hydrogens (tertiary/aromatic N) is 2. The summed E-state index contributed by atoms with van der Waals surface area (Å²) in [5.41, 5.74) is 5.32. The first-order chi connectivity index (χ1) is 13.0. The minimum absolute atomic E-state index is 0.0541. The summed E-state index contributed by atoms with van der Waals surface area (Å²) in [4.78, 5) is 12.9. The van der Waals surface area contributed by atoms with E-state index in [1.807, 2.05) is 11.5 Å². The Balaban J connectivity index is 1.91. The highest BCUT2D eigenvalue weighted by Gasteiger charge is 2.14. The number of hydrogen-bond acceptors (Lipinski definition) is 1. The summed E-state index contributed by atoms with van der Waals surface area (Å²) >= 11 is 0. The lowest BCUT2D eigenvalue weighted by atomic mass is 10.1. The first kappa shape index (κ1) is 21.5. The molecule has 1 aromatic heterocycles. The van der Waals surface area contributed by atoms with Crippen molar-refractivity contribution in [2.24, 2.45) is 0 Å². The lowest BCUT2D eigenvalue weighted by molar-refractivity contribution is 0.533. The van der Waals surface area contributed by atoms with Crippen molar-refractivity contribution in [2.75, 3.05) is 0 Å². The van der Waals surface area contributed by atoms with Gasteiger partial charge in [0.25, 0.3) is 0 Å². The lowest BCUT2D eigenvalue weighted by Crippen LogP contribution is -2.23. The summed E-state index contributed by atoms with van der Waals surface area (Å²) in [5.74, 6) is 0. The zero-order chi connectivity index (χ0) is 19.8. The van der Waals surface area contributed by atoms with Crippen molar-refractivity contribution in [1.29, 1.82) is 0 Å². The van der Waals surface area contributed by atoms with Crippen LogP contribution in [0.2, 0.25) is 0 Å². The molecule has 0 spiro atoms. The zero-order valence-corrected chi connectivity index (χ0v) is 17.9. The molecule has 3 nitrogen and oxygen atoms in total. The average Bonchev–Trinajstić information content (AvgIpc) is 2.88. The fourth-order valence-corrected chi connectivity index (χ4v) is 3.85. The Morgan fingerprint density at radius 2 is 1.33 bits per heavy atom. The van der Waals surface area contributed by atoms with E-state index in [2.05, 4.69) is 39.5 Å². The summed E-state index contributed by atoms with van der Waals surface area (Å²) < 4.78 is 3.71. The summed E-state index contributed by atoms with van der Waals surface area (Å²) in [5, 5.41) is 0. The van der Waals surface area contributed by atoms with Gasteiger partial charge in [0.05, 0.1) is 11.0 Å². The molecule has 1 heterocycles. The van der Waals surface area contributed by atoms with E-state index in [0.29, 0.717) is 0 Å². The number of rotatable bonds is 12. The molecule has 0 unspecified atom stereocenters. The summed E-state index contributed by atoms with van der Waals surface area (Å²) in [6.45, 7) is 13.2. The molecule has 0 radical (unpaired) electrons. The molecule has 0 aliphatic heterocycles. The Hall–Kier alpha value is -1.77. The number of hydrogen-bond donors (Lipinski definition) is 0. The molecule has 2 aromatic rings. The van der Waals surface area contributed by atoms with Gasteiger partial charge in [0.15, 0.2) is 0 Å². The predicted molar refractivity (Wildman–Crippen MR) is 119 cm³/mol. The minimum Gasteiger partial charge on any atom is -0.292 e. The number of allylic oxidation sites excluding steroid dienone is 1. The van der Waals surface area contributed by atoms with Crippen molar-refractivity contribution in [3.05, 3.63) is 40.3 Å². The Morgan fingerprint density at radius 1 is 0.852 bits per heavy atom. The van der Waals surface area contributed by atoms with Crippen LogP contribution in [0, 0.1) is 13.8 Å². The van der Waals surface area contributed by atoms with Gasteiger partial charge in [-0.3, -0.25) is 9.13 Å². The van der Waals surface area contributed by atoms with Crippen molar-refractivity contribution < 1.29 is 0 Å². The van der Waals surface area contributed by atoms with Gasteiger partial charge in [0.1, 0.15) is 0 Å². The third-order valence-corrected chi connectivity index (χ3v) is 5.66. The monoisotopic (exact) mass is 370 g/mol. The van der Waals surface area contributed by atoms with Crippen molar-refractivity contribution >= 4 is 16.7 Å². The molecular formula is C24H38N2O. The molecule has 0 aliphatic carbocycles. The van der Waals surface area contributed by atoms with Gasteiger partial charge in [-0.05, 0) is 50.5 Å².